The van der Waals surface area contributed by atoms with E-state index in [-0.39, 0.29) is 0 Å². The third kappa shape index (κ3) is 2.90. The van der Waals surface area contributed by atoms with E-state index in [1.165, 1.54) is 49.0 Å². The van der Waals surface area contributed by atoms with Crippen molar-refractivity contribution in [2.45, 2.75) is 0 Å². The minimum absolute atomic E-state index is 0.875. The molecule has 5 aromatic heterocycles. The minimum Gasteiger partial charge on any atom is -0.309 e. The smallest absolute Gasteiger partial charge is 0.163 e. The SMILES string of the molecule is c1ccc(-n2c3ccccc3c3c4c5c6c7cccnc7c7nccn7c6ccc5n(-c5ccccc5)c4ccc32)cc1. The molecule has 0 atom stereocenters. The fraction of sp³-hybridized carbons (Fsp3) is 0. The Bertz CT molecular complexity index is 2710. The molecule has 5 heteroatoms. The molecular weight excluding hydrogens is 526 g/mol. The average molecular weight is 550 g/mol. The van der Waals surface area contributed by atoms with Crippen LogP contribution in [-0.4, -0.2) is 23.5 Å². The van der Waals surface area contributed by atoms with Crippen molar-refractivity contribution in [3.63, 3.8) is 0 Å². The Hall–Kier alpha value is -5.94. The normalized spacial score (nSPS) is 12.2. The van der Waals surface area contributed by atoms with E-state index in [1.54, 1.807) is 0 Å². The number of pyridine rings is 2. The summed E-state index contributed by atoms with van der Waals surface area (Å²) in [4.78, 5) is 9.56. The number of rotatable bonds is 2. The van der Waals surface area contributed by atoms with Crippen LogP contribution >= 0.6 is 0 Å². The van der Waals surface area contributed by atoms with Gasteiger partial charge in [0.05, 0.1) is 27.6 Å². The predicted octanol–water partition coefficient (Wildman–Crippen LogP) is 9.23. The molecular formula is C38H23N5. The summed E-state index contributed by atoms with van der Waals surface area (Å²) < 4.78 is 7.00. The molecule has 0 fully saturated rings. The summed E-state index contributed by atoms with van der Waals surface area (Å²) in [5.41, 5.74) is 9.93. The fourth-order valence-electron chi connectivity index (χ4n) is 7.28. The average Bonchev–Trinajstić information content (AvgIpc) is 3.78. The zero-order chi connectivity index (χ0) is 28.1. The molecule has 0 saturated heterocycles. The first-order valence-corrected chi connectivity index (χ1v) is 14.5. The van der Waals surface area contributed by atoms with Crippen LogP contribution < -0.4 is 0 Å². The van der Waals surface area contributed by atoms with Crippen molar-refractivity contribution in [2.24, 2.45) is 0 Å². The van der Waals surface area contributed by atoms with Crippen molar-refractivity contribution in [1.29, 1.82) is 0 Å². The monoisotopic (exact) mass is 549 g/mol. The molecule has 200 valence electrons. The van der Waals surface area contributed by atoms with E-state index in [1.807, 2.05) is 24.7 Å². The Kier molecular flexibility index (Phi) is 4.39. The van der Waals surface area contributed by atoms with Crippen LogP contribution in [-0.2, 0) is 0 Å². The van der Waals surface area contributed by atoms with Crippen molar-refractivity contribution < 1.29 is 0 Å². The molecule has 5 aromatic carbocycles. The summed E-state index contributed by atoms with van der Waals surface area (Å²) in [7, 11) is 0. The number of imidazole rings is 1. The second-order valence-corrected chi connectivity index (χ2v) is 11.1. The molecule has 0 spiro atoms. The number of hydrogen-bond donors (Lipinski definition) is 0. The van der Waals surface area contributed by atoms with E-state index in [0.29, 0.717) is 0 Å². The Balaban J connectivity index is 1.55. The quantitative estimate of drug-likeness (QED) is 0.202. The van der Waals surface area contributed by atoms with Crippen molar-refractivity contribution in [1.82, 2.24) is 23.5 Å². The summed E-state index contributed by atoms with van der Waals surface area (Å²) in [5.74, 6) is 0. The first-order chi connectivity index (χ1) is 21.4. The van der Waals surface area contributed by atoms with Gasteiger partial charge in [-0.1, -0.05) is 60.7 Å². The van der Waals surface area contributed by atoms with Crippen LogP contribution in [0.15, 0.2) is 140 Å². The molecule has 0 radical (unpaired) electrons. The highest BCUT2D eigenvalue weighted by atomic mass is 15.0. The van der Waals surface area contributed by atoms with Gasteiger partial charge in [-0.3, -0.25) is 9.38 Å². The van der Waals surface area contributed by atoms with Gasteiger partial charge < -0.3 is 9.13 Å². The largest absolute Gasteiger partial charge is 0.309 e. The van der Waals surface area contributed by atoms with Crippen LogP contribution in [0.25, 0.3) is 82.4 Å². The van der Waals surface area contributed by atoms with Gasteiger partial charge in [0, 0.05) is 62.3 Å². The van der Waals surface area contributed by atoms with Crippen molar-refractivity contribution in [3.8, 4) is 11.4 Å². The Morgan fingerprint density at radius 2 is 0.953 bits per heavy atom. The summed E-state index contributed by atoms with van der Waals surface area (Å²) >= 11 is 0. The van der Waals surface area contributed by atoms with Gasteiger partial charge in [-0.15, -0.1) is 0 Å². The molecule has 0 bridgehead atoms. The summed E-state index contributed by atoms with van der Waals surface area (Å²) in [5, 5.41) is 7.27. The van der Waals surface area contributed by atoms with Crippen LogP contribution in [0, 0.1) is 0 Å². The number of nitrogens with zero attached hydrogens (tertiary/aromatic N) is 5. The highest BCUT2D eigenvalue weighted by Gasteiger charge is 2.23. The van der Waals surface area contributed by atoms with E-state index in [4.69, 9.17) is 9.97 Å². The lowest BCUT2D eigenvalue weighted by Gasteiger charge is -2.11. The molecule has 10 rings (SSSR count). The standard InChI is InChI=1S/C38H23N5/c1-3-10-24(11-4-1)42-28-16-8-7-14-26(28)33-30(42)19-20-32-35(33)36-31(43(32)25-12-5-2-6-13-25)18-17-29-34(36)27-15-9-21-39-37(27)38-40-22-23-41(29)38/h1-23H. The van der Waals surface area contributed by atoms with Crippen LogP contribution in [0.1, 0.15) is 0 Å². The Labute approximate surface area is 245 Å². The number of hydrogen-bond acceptors (Lipinski definition) is 2. The lowest BCUT2D eigenvalue weighted by molar-refractivity contribution is 1.17. The van der Waals surface area contributed by atoms with Crippen molar-refractivity contribution in [3.05, 3.63) is 140 Å². The van der Waals surface area contributed by atoms with Crippen molar-refractivity contribution in [2.75, 3.05) is 0 Å². The Morgan fingerprint density at radius 1 is 0.395 bits per heavy atom. The minimum atomic E-state index is 0.875. The molecule has 43 heavy (non-hydrogen) atoms. The van der Waals surface area contributed by atoms with Gasteiger partial charge in [0.2, 0.25) is 0 Å². The van der Waals surface area contributed by atoms with Gasteiger partial charge in [0.15, 0.2) is 5.65 Å². The summed E-state index contributed by atoms with van der Waals surface area (Å²) in [6.45, 7) is 0. The topological polar surface area (TPSA) is 40.1 Å². The lowest BCUT2D eigenvalue weighted by Crippen LogP contribution is -1.95. The third-order valence-electron chi connectivity index (χ3n) is 8.93. The van der Waals surface area contributed by atoms with E-state index in [0.717, 1.165) is 33.4 Å². The maximum Gasteiger partial charge on any atom is 0.163 e. The number of para-hydroxylation sites is 3. The molecule has 0 aliphatic heterocycles. The van der Waals surface area contributed by atoms with Crippen LogP contribution in [0.4, 0.5) is 0 Å². The molecule has 0 N–H and O–H groups in total. The number of benzene rings is 5. The highest BCUT2D eigenvalue weighted by Crippen LogP contribution is 2.45. The first kappa shape index (κ1) is 22.7. The number of fused-ring (bicyclic) bond motifs is 14. The zero-order valence-corrected chi connectivity index (χ0v) is 23.0. The van der Waals surface area contributed by atoms with Crippen LogP contribution in [0.3, 0.4) is 0 Å². The molecule has 0 unspecified atom stereocenters. The number of aromatic nitrogens is 5. The lowest BCUT2D eigenvalue weighted by atomic mass is 10.00. The van der Waals surface area contributed by atoms with Crippen LogP contribution in [0.2, 0.25) is 0 Å². The maximum absolute atomic E-state index is 4.85. The molecule has 0 saturated carbocycles. The summed E-state index contributed by atoms with van der Waals surface area (Å²) in [6.07, 6.45) is 5.78. The van der Waals surface area contributed by atoms with Gasteiger partial charge >= 0.3 is 0 Å². The van der Waals surface area contributed by atoms with Crippen LogP contribution in [0.5, 0.6) is 0 Å². The van der Waals surface area contributed by atoms with Crippen molar-refractivity contribution >= 4 is 71.1 Å². The van der Waals surface area contributed by atoms with E-state index in [2.05, 4.69) is 129 Å². The third-order valence-corrected chi connectivity index (χ3v) is 8.93. The fourth-order valence-corrected chi connectivity index (χ4v) is 7.28. The zero-order valence-electron chi connectivity index (χ0n) is 23.0. The van der Waals surface area contributed by atoms with Gasteiger partial charge in [-0.25, -0.2) is 4.98 Å². The molecule has 0 amide bonds. The maximum atomic E-state index is 4.85. The van der Waals surface area contributed by atoms with Gasteiger partial charge in [0.1, 0.15) is 5.52 Å². The molecule has 10 aromatic rings. The molecule has 5 nitrogen and oxygen atoms in total. The predicted molar refractivity (Wildman–Crippen MR) is 177 cm³/mol. The first-order valence-electron chi connectivity index (χ1n) is 14.5. The highest BCUT2D eigenvalue weighted by molar-refractivity contribution is 6.36. The second kappa shape index (κ2) is 8.30. The van der Waals surface area contributed by atoms with Gasteiger partial charge in [0.25, 0.3) is 0 Å². The molecule has 0 aliphatic carbocycles. The van der Waals surface area contributed by atoms with E-state index < -0.39 is 0 Å². The van der Waals surface area contributed by atoms with Gasteiger partial charge in [-0.05, 0) is 60.7 Å². The summed E-state index contributed by atoms with van der Waals surface area (Å²) in [6, 6.07) is 43.5. The van der Waals surface area contributed by atoms with E-state index in [9.17, 15) is 0 Å². The second-order valence-electron chi connectivity index (χ2n) is 11.1. The van der Waals surface area contributed by atoms with Gasteiger partial charge in [-0.2, -0.15) is 0 Å². The Morgan fingerprint density at radius 3 is 1.67 bits per heavy atom. The molecule has 5 heterocycles. The molecule has 0 aliphatic rings. The van der Waals surface area contributed by atoms with E-state index >= 15 is 0 Å².